The Hall–Kier alpha value is -2.28. The van der Waals surface area contributed by atoms with Crippen molar-refractivity contribution in [2.75, 3.05) is 0 Å². The molecule has 8 heteroatoms. The maximum absolute atomic E-state index is 12.4. The molecule has 0 amide bonds. The van der Waals surface area contributed by atoms with Gasteiger partial charge in [-0.1, -0.05) is 29.8 Å². The highest BCUT2D eigenvalue weighted by atomic mass is 35.5. The molecule has 4 nitrogen and oxygen atoms in total. The van der Waals surface area contributed by atoms with E-state index in [0.717, 1.165) is 18.5 Å². The van der Waals surface area contributed by atoms with Crippen molar-refractivity contribution in [2.24, 2.45) is 0 Å². The number of rotatable bonds is 3. The number of carbonyl (C=O) groups is 1. The maximum Gasteiger partial charge on any atom is 0.573 e. The van der Waals surface area contributed by atoms with Gasteiger partial charge in [-0.2, -0.15) is 0 Å². The molecule has 110 valence electrons. The Kier molecular flexibility index (Phi) is 4.04. The average Bonchev–Trinajstić information content (AvgIpc) is 2.36. The number of aromatic nitrogens is 1. The van der Waals surface area contributed by atoms with E-state index in [-0.39, 0.29) is 21.7 Å². The molecular formula is C13H7ClF3NO3. The fourth-order valence-corrected chi connectivity index (χ4v) is 2.00. The summed E-state index contributed by atoms with van der Waals surface area (Å²) in [6.07, 6.45) is -2.68. The number of aromatic carboxylic acids is 1. The van der Waals surface area contributed by atoms with Gasteiger partial charge in [0.25, 0.3) is 0 Å². The van der Waals surface area contributed by atoms with Gasteiger partial charge in [-0.25, -0.2) is 4.79 Å². The number of para-hydroxylation sites is 1. The highest BCUT2D eigenvalue weighted by Gasteiger charge is 2.32. The first-order valence-corrected chi connectivity index (χ1v) is 5.89. The number of nitrogens with zero attached hydrogens (tertiary/aromatic N) is 1. The fraction of sp³-hybridized carbons (Fsp3) is 0.0769. The number of carboxylic acid groups (broad SMARTS) is 1. The van der Waals surface area contributed by atoms with Gasteiger partial charge < -0.3 is 9.84 Å². The van der Waals surface area contributed by atoms with Crippen molar-refractivity contribution >= 4 is 17.6 Å². The summed E-state index contributed by atoms with van der Waals surface area (Å²) >= 11 is 5.75. The van der Waals surface area contributed by atoms with Crippen molar-refractivity contribution in [1.82, 2.24) is 4.98 Å². The van der Waals surface area contributed by atoms with Crippen LogP contribution >= 0.6 is 11.6 Å². The molecule has 2 rings (SSSR count). The van der Waals surface area contributed by atoms with Gasteiger partial charge in [-0.05, 0) is 6.07 Å². The van der Waals surface area contributed by atoms with Crippen LogP contribution in [0.4, 0.5) is 13.2 Å². The van der Waals surface area contributed by atoms with E-state index in [1.807, 2.05) is 0 Å². The van der Waals surface area contributed by atoms with E-state index < -0.39 is 18.1 Å². The number of halogens is 4. The first-order chi connectivity index (χ1) is 9.79. The summed E-state index contributed by atoms with van der Waals surface area (Å²) in [6.45, 7) is 0. The molecule has 0 fully saturated rings. The number of benzene rings is 1. The minimum atomic E-state index is -4.90. The second-order valence-corrected chi connectivity index (χ2v) is 4.30. The van der Waals surface area contributed by atoms with Crippen molar-refractivity contribution in [3.63, 3.8) is 0 Å². The molecule has 2 aromatic rings. The molecular weight excluding hydrogens is 311 g/mol. The van der Waals surface area contributed by atoms with Crippen LogP contribution in [0.3, 0.4) is 0 Å². The molecule has 0 saturated carbocycles. The van der Waals surface area contributed by atoms with E-state index in [2.05, 4.69) is 9.72 Å². The Morgan fingerprint density at radius 2 is 1.86 bits per heavy atom. The van der Waals surface area contributed by atoms with Crippen LogP contribution in [0.2, 0.25) is 5.02 Å². The summed E-state index contributed by atoms with van der Waals surface area (Å²) in [4.78, 5) is 14.9. The number of ether oxygens (including phenoxy) is 1. The molecule has 0 unspecified atom stereocenters. The Labute approximate surface area is 121 Å². The van der Waals surface area contributed by atoms with Gasteiger partial charge in [0, 0.05) is 23.5 Å². The molecule has 1 N–H and O–H groups in total. The zero-order chi connectivity index (χ0) is 15.6. The summed E-state index contributed by atoms with van der Waals surface area (Å²) in [5.74, 6) is -1.91. The zero-order valence-electron chi connectivity index (χ0n) is 10.2. The second-order valence-electron chi connectivity index (χ2n) is 3.89. The van der Waals surface area contributed by atoms with E-state index in [9.17, 15) is 18.0 Å². The van der Waals surface area contributed by atoms with Crippen molar-refractivity contribution in [3.05, 3.63) is 47.2 Å². The molecule has 1 aromatic heterocycles. The molecule has 0 atom stereocenters. The highest BCUT2D eigenvalue weighted by molar-refractivity contribution is 6.34. The predicted molar refractivity (Wildman–Crippen MR) is 68.3 cm³/mol. The number of hydrogen-bond donors (Lipinski definition) is 1. The van der Waals surface area contributed by atoms with Gasteiger partial charge in [-0.15, -0.1) is 13.2 Å². The normalized spacial score (nSPS) is 11.2. The predicted octanol–water partition coefficient (Wildman–Crippen LogP) is 4.00. The lowest BCUT2D eigenvalue weighted by molar-refractivity contribution is -0.274. The zero-order valence-corrected chi connectivity index (χ0v) is 10.9. The topological polar surface area (TPSA) is 59.4 Å². The standard InChI is InChI=1S/C13H7ClF3NO3/c14-9-6-18-5-8(11(9)12(19)20)7-3-1-2-4-10(7)21-13(15,16)17/h1-6H,(H,19,20). The lowest BCUT2D eigenvalue weighted by Gasteiger charge is -2.14. The lowest BCUT2D eigenvalue weighted by Crippen LogP contribution is -2.17. The summed E-state index contributed by atoms with van der Waals surface area (Å²) < 4.78 is 41.1. The monoisotopic (exact) mass is 317 g/mol. The van der Waals surface area contributed by atoms with Crippen molar-refractivity contribution in [1.29, 1.82) is 0 Å². The molecule has 0 aliphatic carbocycles. The molecule has 0 radical (unpaired) electrons. The molecule has 1 heterocycles. The Balaban J connectivity index is 2.63. The lowest BCUT2D eigenvalue weighted by atomic mass is 10.0. The third-order valence-corrected chi connectivity index (χ3v) is 2.80. The maximum atomic E-state index is 12.4. The first-order valence-electron chi connectivity index (χ1n) is 5.51. The van der Waals surface area contributed by atoms with Crippen LogP contribution < -0.4 is 4.74 Å². The molecule has 0 aliphatic heterocycles. The smallest absolute Gasteiger partial charge is 0.478 e. The van der Waals surface area contributed by atoms with E-state index in [4.69, 9.17) is 16.7 Å². The number of carboxylic acids is 1. The van der Waals surface area contributed by atoms with Crippen molar-refractivity contribution in [2.45, 2.75) is 6.36 Å². The number of alkyl halides is 3. The van der Waals surface area contributed by atoms with Gasteiger partial charge in [0.2, 0.25) is 0 Å². The Bertz CT molecular complexity index is 689. The molecule has 1 aromatic carbocycles. The van der Waals surface area contributed by atoms with E-state index in [1.54, 1.807) is 0 Å². The quantitative estimate of drug-likeness (QED) is 0.929. The minimum absolute atomic E-state index is 0.0603. The largest absolute Gasteiger partial charge is 0.573 e. The van der Waals surface area contributed by atoms with Crippen LogP contribution in [0.15, 0.2) is 36.7 Å². The molecule has 0 bridgehead atoms. The Morgan fingerprint density at radius 1 is 1.19 bits per heavy atom. The fourth-order valence-electron chi connectivity index (χ4n) is 1.76. The SMILES string of the molecule is O=C(O)c1c(Cl)cncc1-c1ccccc1OC(F)(F)F. The molecule has 0 aliphatic rings. The number of pyridine rings is 1. The molecule has 0 saturated heterocycles. The van der Waals surface area contributed by atoms with Crippen LogP contribution in [-0.2, 0) is 0 Å². The van der Waals surface area contributed by atoms with Crippen LogP contribution in [0, 0.1) is 0 Å². The number of hydrogen-bond acceptors (Lipinski definition) is 3. The molecule has 21 heavy (non-hydrogen) atoms. The van der Waals surface area contributed by atoms with Crippen molar-refractivity contribution in [3.8, 4) is 16.9 Å². The average molecular weight is 318 g/mol. The first kappa shape index (κ1) is 15.1. The molecule has 0 spiro atoms. The van der Waals surface area contributed by atoms with Crippen LogP contribution in [0.25, 0.3) is 11.1 Å². The van der Waals surface area contributed by atoms with Gasteiger partial charge in [0.05, 0.1) is 10.6 Å². The van der Waals surface area contributed by atoms with Gasteiger partial charge >= 0.3 is 12.3 Å². The minimum Gasteiger partial charge on any atom is -0.478 e. The van der Waals surface area contributed by atoms with Crippen LogP contribution in [-0.4, -0.2) is 22.4 Å². The summed E-state index contributed by atoms with van der Waals surface area (Å²) in [7, 11) is 0. The summed E-state index contributed by atoms with van der Waals surface area (Å²) in [6, 6.07) is 5.16. The third-order valence-electron chi connectivity index (χ3n) is 2.52. The van der Waals surface area contributed by atoms with Gasteiger partial charge in [0.1, 0.15) is 5.75 Å². The highest BCUT2D eigenvalue weighted by Crippen LogP contribution is 2.36. The van der Waals surface area contributed by atoms with Crippen molar-refractivity contribution < 1.29 is 27.8 Å². The van der Waals surface area contributed by atoms with E-state index in [1.165, 1.54) is 18.2 Å². The van der Waals surface area contributed by atoms with Gasteiger partial charge in [0.15, 0.2) is 0 Å². The second kappa shape index (κ2) is 5.61. The van der Waals surface area contributed by atoms with Crippen LogP contribution in [0.1, 0.15) is 10.4 Å². The van der Waals surface area contributed by atoms with Gasteiger partial charge in [-0.3, -0.25) is 4.98 Å². The summed E-state index contributed by atoms with van der Waals surface area (Å²) in [5, 5.41) is 8.98. The van der Waals surface area contributed by atoms with Crippen LogP contribution in [0.5, 0.6) is 5.75 Å². The van der Waals surface area contributed by atoms with E-state index in [0.29, 0.717) is 0 Å². The third kappa shape index (κ3) is 3.43. The van der Waals surface area contributed by atoms with E-state index >= 15 is 0 Å². The summed E-state index contributed by atoms with van der Waals surface area (Å²) in [5.41, 5.74) is -0.470. The Morgan fingerprint density at radius 3 is 2.48 bits per heavy atom.